The number of methoxy groups -OCH3 is 1. The van der Waals surface area contributed by atoms with Crippen LogP contribution in [0.1, 0.15) is 26.3 Å². The van der Waals surface area contributed by atoms with Crippen LogP contribution in [0.4, 0.5) is 9.59 Å². The molecule has 3 rings (SSSR count). The maximum atomic E-state index is 12.5. The lowest BCUT2D eigenvalue weighted by molar-refractivity contribution is -0.0517. The normalized spacial score (nSPS) is 19.9. The van der Waals surface area contributed by atoms with Crippen LogP contribution < -0.4 is 21.1 Å². The Morgan fingerprint density at radius 2 is 1.91 bits per heavy atom. The first-order chi connectivity index (χ1) is 16.1. The molecule has 0 unspecified atom stereocenters. The van der Waals surface area contributed by atoms with E-state index in [1.54, 1.807) is 34.1 Å². The highest BCUT2D eigenvalue weighted by atomic mass is 16.7. The zero-order valence-corrected chi connectivity index (χ0v) is 19.8. The lowest BCUT2D eigenvalue weighted by Crippen LogP contribution is -2.43. The number of hydrogen-bond donors (Lipinski definition) is 3. The highest BCUT2D eigenvalue weighted by Crippen LogP contribution is 2.22. The third-order valence-electron chi connectivity index (χ3n) is 5.18. The van der Waals surface area contributed by atoms with Crippen molar-refractivity contribution in [3.05, 3.63) is 52.7 Å². The molecule has 11 nitrogen and oxygen atoms in total. The van der Waals surface area contributed by atoms with E-state index in [0.29, 0.717) is 13.0 Å². The Bertz CT molecular complexity index is 1010. The standard InChI is InChI=1S/C23H32N4O7/c1-23(2,3)34-22(30)32-18-14-26-17(13-15-5-7-16(31-4)8-6-15)19(18)33-21(29)25-10-12-27-11-9-24-20(27)28/h5-9,11,17-19,26H,10,12-14H2,1-4H3,(H,24,28)(H,25,29)/t17-,18+,19+/m1/s1. The highest BCUT2D eigenvalue weighted by molar-refractivity contribution is 5.67. The molecule has 1 aromatic carbocycles. The van der Waals surface area contributed by atoms with Gasteiger partial charge in [-0.05, 0) is 44.9 Å². The largest absolute Gasteiger partial charge is 0.509 e. The number of rotatable bonds is 8. The number of ether oxygens (including phenoxy) is 4. The van der Waals surface area contributed by atoms with E-state index in [1.165, 1.54) is 10.8 Å². The second kappa shape index (κ2) is 11.1. The SMILES string of the molecule is COc1ccc(C[C@H]2NC[C@H](OC(=O)OC(C)(C)C)[C@H]2OC(=O)NCCn2cc[nH]c2=O)cc1. The maximum absolute atomic E-state index is 12.5. The Balaban J connectivity index is 1.63. The summed E-state index contributed by atoms with van der Waals surface area (Å²) in [5.41, 5.74) is 0.0212. The summed E-state index contributed by atoms with van der Waals surface area (Å²) in [6.07, 6.45) is 0.675. The van der Waals surface area contributed by atoms with Crippen LogP contribution in [-0.4, -0.2) is 65.8 Å². The molecule has 0 saturated carbocycles. The van der Waals surface area contributed by atoms with Crippen LogP contribution in [-0.2, 0) is 27.2 Å². The van der Waals surface area contributed by atoms with E-state index >= 15 is 0 Å². The summed E-state index contributed by atoms with van der Waals surface area (Å²) < 4.78 is 23.0. The molecule has 2 heterocycles. The molecule has 0 radical (unpaired) electrons. The molecule has 34 heavy (non-hydrogen) atoms. The molecule has 2 aromatic rings. The quantitative estimate of drug-likeness (QED) is 0.492. The number of carbonyl (C=O) groups is 2. The molecule has 1 aromatic heterocycles. The summed E-state index contributed by atoms with van der Waals surface area (Å²) >= 11 is 0. The fourth-order valence-electron chi connectivity index (χ4n) is 3.60. The number of amides is 1. The summed E-state index contributed by atoms with van der Waals surface area (Å²) in [4.78, 5) is 38.8. The van der Waals surface area contributed by atoms with E-state index in [4.69, 9.17) is 18.9 Å². The van der Waals surface area contributed by atoms with Crippen LogP contribution >= 0.6 is 0 Å². The predicted molar refractivity (Wildman–Crippen MR) is 123 cm³/mol. The van der Waals surface area contributed by atoms with Crippen molar-refractivity contribution < 1.29 is 28.5 Å². The molecule has 0 aliphatic carbocycles. The van der Waals surface area contributed by atoms with E-state index in [9.17, 15) is 14.4 Å². The highest BCUT2D eigenvalue weighted by Gasteiger charge is 2.42. The van der Waals surface area contributed by atoms with Crippen molar-refractivity contribution in [2.45, 2.75) is 57.6 Å². The smallest absolute Gasteiger partial charge is 0.497 e. The fraction of sp³-hybridized carbons (Fsp3) is 0.522. The van der Waals surface area contributed by atoms with Gasteiger partial charge in [0.25, 0.3) is 0 Å². The Morgan fingerprint density at radius 3 is 2.53 bits per heavy atom. The summed E-state index contributed by atoms with van der Waals surface area (Å²) in [5, 5.41) is 5.91. The third kappa shape index (κ3) is 7.27. The van der Waals surface area contributed by atoms with Gasteiger partial charge in [0.1, 0.15) is 11.4 Å². The molecule has 1 aliphatic rings. The molecule has 186 valence electrons. The zero-order valence-electron chi connectivity index (χ0n) is 19.8. The minimum atomic E-state index is -0.828. The lowest BCUT2D eigenvalue weighted by Gasteiger charge is -2.26. The van der Waals surface area contributed by atoms with Gasteiger partial charge in [-0.15, -0.1) is 0 Å². The van der Waals surface area contributed by atoms with Gasteiger partial charge in [-0.1, -0.05) is 12.1 Å². The van der Waals surface area contributed by atoms with Crippen LogP contribution in [0.3, 0.4) is 0 Å². The zero-order chi connectivity index (χ0) is 24.7. The van der Waals surface area contributed by atoms with Crippen molar-refractivity contribution in [2.75, 3.05) is 20.2 Å². The Morgan fingerprint density at radius 1 is 1.18 bits per heavy atom. The van der Waals surface area contributed by atoms with Crippen molar-refractivity contribution in [3.8, 4) is 5.75 Å². The van der Waals surface area contributed by atoms with Crippen molar-refractivity contribution >= 4 is 12.2 Å². The molecule has 3 N–H and O–H groups in total. The minimum Gasteiger partial charge on any atom is -0.497 e. The number of nitrogens with zero attached hydrogens (tertiary/aromatic N) is 1. The number of hydrogen-bond acceptors (Lipinski definition) is 8. The van der Waals surface area contributed by atoms with Crippen LogP contribution in [0.25, 0.3) is 0 Å². The summed E-state index contributed by atoms with van der Waals surface area (Å²) in [5.74, 6) is 0.739. The van der Waals surface area contributed by atoms with Gasteiger partial charge < -0.3 is 34.6 Å². The first-order valence-electron chi connectivity index (χ1n) is 11.1. The van der Waals surface area contributed by atoms with Crippen molar-refractivity contribution in [2.24, 2.45) is 0 Å². The topological polar surface area (TPSA) is 133 Å². The molecule has 0 spiro atoms. The monoisotopic (exact) mass is 476 g/mol. The van der Waals surface area contributed by atoms with Crippen LogP contribution in [0.2, 0.25) is 0 Å². The second-order valence-electron chi connectivity index (χ2n) is 8.94. The minimum absolute atomic E-state index is 0.192. The maximum Gasteiger partial charge on any atom is 0.509 e. The average Bonchev–Trinajstić information content (AvgIpc) is 3.33. The average molecular weight is 477 g/mol. The number of imidazole rings is 1. The predicted octanol–water partition coefficient (Wildman–Crippen LogP) is 1.81. The molecule has 0 bridgehead atoms. The number of H-pyrrole nitrogens is 1. The van der Waals surface area contributed by atoms with Crippen molar-refractivity contribution in [1.82, 2.24) is 20.2 Å². The van der Waals surface area contributed by atoms with Crippen molar-refractivity contribution in [3.63, 3.8) is 0 Å². The molecular weight excluding hydrogens is 444 g/mol. The van der Waals surface area contributed by atoms with E-state index in [1.807, 2.05) is 24.3 Å². The van der Waals surface area contributed by atoms with Gasteiger partial charge in [0.15, 0.2) is 12.2 Å². The fourth-order valence-corrected chi connectivity index (χ4v) is 3.60. The van der Waals surface area contributed by atoms with Gasteiger partial charge in [0, 0.05) is 32.0 Å². The Hall–Kier alpha value is -3.47. The van der Waals surface area contributed by atoms with Crippen molar-refractivity contribution in [1.29, 1.82) is 0 Å². The first-order valence-corrected chi connectivity index (χ1v) is 11.1. The molecular formula is C23H32N4O7. The van der Waals surface area contributed by atoms with Gasteiger partial charge in [-0.25, -0.2) is 14.4 Å². The lowest BCUT2D eigenvalue weighted by atomic mass is 10.0. The third-order valence-corrected chi connectivity index (χ3v) is 5.18. The molecule has 1 saturated heterocycles. The number of aromatic nitrogens is 2. The number of benzene rings is 1. The summed E-state index contributed by atoms with van der Waals surface area (Å²) in [6.45, 7) is 6.00. The number of nitrogens with one attached hydrogen (secondary N) is 3. The Labute approximate surface area is 197 Å². The van der Waals surface area contributed by atoms with Gasteiger partial charge in [-0.3, -0.25) is 4.57 Å². The first kappa shape index (κ1) is 25.2. The molecule has 11 heteroatoms. The van der Waals surface area contributed by atoms with E-state index < -0.39 is 30.1 Å². The number of alkyl carbamates (subject to hydrolysis) is 1. The molecule has 3 atom stereocenters. The number of aromatic amines is 1. The second-order valence-corrected chi connectivity index (χ2v) is 8.94. The van der Waals surface area contributed by atoms with Crippen LogP contribution in [0, 0.1) is 0 Å². The van der Waals surface area contributed by atoms with Gasteiger partial charge >= 0.3 is 17.9 Å². The van der Waals surface area contributed by atoms with E-state index in [0.717, 1.165) is 11.3 Å². The van der Waals surface area contributed by atoms with Gasteiger partial charge in [0.05, 0.1) is 13.2 Å². The Kier molecular flexibility index (Phi) is 8.21. The van der Waals surface area contributed by atoms with Crippen LogP contribution in [0.15, 0.2) is 41.5 Å². The van der Waals surface area contributed by atoms with E-state index in [2.05, 4.69) is 15.6 Å². The number of carbonyl (C=O) groups excluding carboxylic acids is 2. The molecule has 1 fully saturated rings. The van der Waals surface area contributed by atoms with Gasteiger partial charge in [0.2, 0.25) is 0 Å². The summed E-state index contributed by atoms with van der Waals surface area (Å²) in [7, 11) is 1.60. The van der Waals surface area contributed by atoms with Gasteiger partial charge in [-0.2, -0.15) is 0 Å². The molecule has 1 amide bonds. The molecule has 1 aliphatic heterocycles. The van der Waals surface area contributed by atoms with E-state index in [-0.39, 0.29) is 24.8 Å². The summed E-state index contributed by atoms with van der Waals surface area (Å²) in [6, 6.07) is 7.26. The van der Waals surface area contributed by atoms with Crippen LogP contribution in [0.5, 0.6) is 5.75 Å².